The molecule has 1 aromatic heterocycles. The third-order valence-electron chi connectivity index (χ3n) is 7.57. The Bertz CT molecular complexity index is 1490. The second-order valence-electron chi connectivity index (χ2n) is 9.30. The summed E-state index contributed by atoms with van der Waals surface area (Å²) >= 11 is 12.4. The summed E-state index contributed by atoms with van der Waals surface area (Å²) in [4.78, 5) is 27.2. The van der Waals surface area contributed by atoms with Gasteiger partial charge in [0.25, 0.3) is 11.8 Å². The Balaban J connectivity index is 1.24. The fourth-order valence-corrected chi connectivity index (χ4v) is 6.54. The van der Waals surface area contributed by atoms with E-state index in [0.29, 0.717) is 27.1 Å². The Labute approximate surface area is 216 Å². The van der Waals surface area contributed by atoms with Crippen LogP contribution in [0.15, 0.2) is 88.4 Å². The van der Waals surface area contributed by atoms with E-state index in [9.17, 15) is 9.59 Å². The topological polar surface area (TPSA) is 62.9 Å². The standard InChI is InChI=1S/C29H18Cl2N2O3/c30-21-11-5-10-20(27(21)31)22-13-12-15(36-22)14-32-33-28(34)25-23-16-6-1-2-7-17(16)24(26(25)29(33)35)19-9-4-3-8-18(19)23/h1-14,23-26H. The van der Waals surface area contributed by atoms with Gasteiger partial charge in [0.1, 0.15) is 11.5 Å². The summed E-state index contributed by atoms with van der Waals surface area (Å²) in [6.07, 6.45) is 1.40. The molecule has 1 aliphatic heterocycles. The summed E-state index contributed by atoms with van der Waals surface area (Å²) in [5, 5.41) is 6.15. The average molecular weight is 513 g/mol. The Morgan fingerprint density at radius 1 is 0.722 bits per heavy atom. The van der Waals surface area contributed by atoms with Crippen molar-refractivity contribution in [2.45, 2.75) is 11.8 Å². The highest BCUT2D eigenvalue weighted by molar-refractivity contribution is 6.43. The lowest BCUT2D eigenvalue weighted by Gasteiger charge is -2.45. The smallest absolute Gasteiger partial charge is 0.254 e. The fourth-order valence-electron chi connectivity index (χ4n) is 6.15. The summed E-state index contributed by atoms with van der Waals surface area (Å²) in [6, 6.07) is 25.0. The molecule has 2 bridgehead atoms. The zero-order valence-corrected chi connectivity index (χ0v) is 20.3. The number of benzene rings is 3. The van der Waals surface area contributed by atoms with E-state index in [-0.39, 0.29) is 23.7 Å². The molecule has 4 aromatic rings. The number of amides is 2. The van der Waals surface area contributed by atoms with Crippen LogP contribution in [0.5, 0.6) is 0 Å². The Hall–Kier alpha value is -3.67. The molecular formula is C29H18Cl2N2O3. The molecule has 0 spiro atoms. The molecule has 0 radical (unpaired) electrons. The Morgan fingerprint density at radius 3 is 1.83 bits per heavy atom. The first-order chi connectivity index (χ1) is 17.5. The van der Waals surface area contributed by atoms with Gasteiger partial charge in [0, 0.05) is 17.4 Å². The summed E-state index contributed by atoms with van der Waals surface area (Å²) in [5.41, 5.74) is 5.16. The lowest BCUT2D eigenvalue weighted by molar-refractivity contribution is -0.139. The van der Waals surface area contributed by atoms with Crippen LogP contribution in [0, 0.1) is 11.8 Å². The Morgan fingerprint density at radius 2 is 1.28 bits per heavy atom. The number of imide groups is 1. The minimum atomic E-state index is -0.470. The first-order valence-electron chi connectivity index (χ1n) is 11.7. The molecule has 3 aliphatic carbocycles. The normalized spacial score (nSPS) is 23.8. The van der Waals surface area contributed by atoms with Crippen molar-refractivity contribution in [3.8, 4) is 11.3 Å². The van der Waals surface area contributed by atoms with E-state index in [0.717, 1.165) is 27.3 Å². The molecular weight excluding hydrogens is 495 g/mol. The number of nitrogens with zero attached hydrogens (tertiary/aromatic N) is 2. The minimum absolute atomic E-state index is 0.163. The van der Waals surface area contributed by atoms with Crippen LogP contribution >= 0.6 is 23.2 Å². The zero-order valence-electron chi connectivity index (χ0n) is 18.8. The average Bonchev–Trinajstić information content (AvgIpc) is 3.47. The maximum atomic E-state index is 13.6. The van der Waals surface area contributed by atoms with Gasteiger partial charge in [-0.3, -0.25) is 9.59 Å². The van der Waals surface area contributed by atoms with Gasteiger partial charge in [-0.05, 0) is 46.5 Å². The highest BCUT2D eigenvalue weighted by Crippen LogP contribution is 2.60. The van der Waals surface area contributed by atoms with Crippen LogP contribution in [0.25, 0.3) is 11.3 Å². The lowest BCUT2D eigenvalue weighted by atomic mass is 9.55. The lowest BCUT2D eigenvalue weighted by Crippen LogP contribution is -2.41. The summed E-state index contributed by atoms with van der Waals surface area (Å²) in [5.74, 6) is -0.904. The number of halogens is 2. The number of furan rings is 1. The highest BCUT2D eigenvalue weighted by Gasteiger charge is 2.61. The molecule has 2 atom stereocenters. The van der Waals surface area contributed by atoms with Gasteiger partial charge in [-0.15, -0.1) is 0 Å². The van der Waals surface area contributed by atoms with Crippen LogP contribution in [0.3, 0.4) is 0 Å². The van der Waals surface area contributed by atoms with E-state index in [2.05, 4.69) is 29.4 Å². The molecule has 2 unspecified atom stereocenters. The Kier molecular flexibility index (Phi) is 4.75. The van der Waals surface area contributed by atoms with E-state index >= 15 is 0 Å². The number of hydrazone groups is 1. The number of rotatable bonds is 3. The third-order valence-corrected chi connectivity index (χ3v) is 8.39. The van der Waals surface area contributed by atoms with Gasteiger partial charge < -0.3 is 4.42 Å². The van der Waals surface area contributed by atoms with Gasteiger partial charge in [-0.1, -0.05) is 77.8 Å². The number of carbonyl (C=O) groups excluding carboxylic acids is 2. The maximum Gasteiger partial charge on any atom is 0.254 e. The van der Waals surface area contributed by atoms with Crippen LogP contribution in [-0.4, -0.2) is 23.0 Å². The van der Waals surface area contributed by atoms with Gasteiger partial charge >= 0.3 is 0 Å². The molecule has 2 heterocycles. The summed E-state index contributed by atoms with van der Waals surface area (Å²) < 4.78 is 5.87. The van der Waals surface area contributed by atoms with E-state index in [1.165, 1.54) is 6.21 Å². The van der Waals surface area contributed by atoms with Crippen molar-refractivity contribution >= 4 is 41.2 Å². The highest BCUT2D eigenvalue weighted by atomic mass is 35.5. The van der Waals surface area contributed by atoms with Gasteiger partial charge in [-0.25, -0.2) is 0 Å². The molecule has 1 fully saturated rings. The maximum absolute atomic E-state index is 13.6. The molecule has 4 aliphatic rings. The molecule has 5 nitrogen and oxygen atoms in total. The van der Waals surface area contributed by atoms with Gasteiger partial charge in [0.2, 0.25) is 0 Å². The third kappa shape index (κ3) is 2.93. The van der Waals surface area contributed by atoms with Crippen molar-refractivity contribution in [1.29, 1.82) is 0 Å². The molecule has 8 rings (SSSR count). The second kappa shape index (κ2) is 7.92. The van der Waals surface area contributed by atoms with Crippen molar-refractivity contribution < 1.29 is 14.0 Å². The molecule has 3 aromatic carbocycles. The first-order valence-corrected chi connectivity index (χ1v) is 12.4. The quantitative estimate of drug-likeness (QED) is 0.233. The second-order valence-corrected chi connectivity index (χ2v) is 10.1. The van der Waals surface area contributed by atoms with Crippen LogP contribution < -0.4 is 0 Å². The fraction of sp³-hybridized carbons (Fsp3) is 0.138. The number of hydrogen-bond donors (Lipinski definition) is 0. The predicted octanol–water partition coefficient (Wildman–Crippen LogP) is 6.48. The van der Waals surface area contributed by atoms with Crippen molar-refractivity contribution in [1.82, 2.24) is 5.01 Å². The van der Waals surface area contributed by atoms with Crippen LogP contribution in [0.4, 0.5) is 0 Å². The number of hydrogen-bond acceptors (Lipinski definition) is 4. The molecule has 2 amide bonds. The van der Waals surface area contributed by atoms with Crippen LogP contribution in [-0.2, 0) is 9.59 Å². The monoisotopic (exact) mass is 512 g/mol. The SMILES string of the molecule is O=C1C2C3c4ccccc4C(c4ccccc43)C2C(=O)N1N=Cc1ccc(-c2cccc(Cl)c2Cl)o1. The van der Waals surface area contributed by atoms with Crippen LogP contribution in [0.2, 0.25) is 10.0 Å². The van der Waals surface area contributed by atoms with Crippen molar-refractivity contribution in [2.24, 2.45) is 16.9 Å². The number of carbonyl (C=O) groups is 2. The molecule has 0 saturated carbocycles. The van der Waals surface area contributed by atoms with Crippen molar-refractivity contribution in [3.05, 3.63) is 117 Å². The van der Waals surface area contributed by atoms with Gasteiger partial charge in [0.15, 0.2) is 0 Å². The molecule has 1 saturated heterocycles. The minimum Gasteiger partial charge on any atom is -0.455 e. The van der Waals surface area contributed by atoms with Gasteiger partial charge in [-0.2, -0.15) is 10.1 Å². The van der Waals surface area contributed by atoms with E-state index in [1.807, 2.05) is 24.3 Å². The zero-order chi connectivity index (χ0) is 24.6. The summed E-state index contributed by atoms with van der Waals surface area (Å²) in [7, 11) is 0. The molecule has 36 heavy (non-hydrogen) atoms. The predicted molar refractivity (Wildman–Crippen MR) is 137 cm³/mol. The van der Waals surface area contributed by atoms with E-state index in [4.69, 9.17) is 27.6 Å². The van der Waals surface area contributed by atoms with Gasteiger partial charge in [0.05, 0.1) is 28.1 Å². The molecule has 176 valence electrons. The molecule has 0 N–H and O–H groups in total. The summed E-state index contributed by atoms with van der Waals surface area (Å²) in [6.45, 7) is 0. The van der Waals surface area contributed by atoms with Crippen molar-refractivity contribution in [3.63, 3.8) is 0 Å². The van der Waals surface area contributed by atoms with E-state index in [1.54, 1.807) is 30.3 Å². The first kappa shape index (κ1) is 21.6. The van der Waals surface area contributed by atoms with E-state index < -0.39 is 11.8 Å². The van der Waals surface area contributed by atoms with Crippen LogP contribution in [0.1, 0.15) is 39.8 Å². The van der Waals surface area contributed by atoms with Crippen molar-refractivity contribution in [2.75, 3.05) is 0 Å². The largest absolute Gasteiger partial charge is 0.455 e. The molecule has 7 heteroatoms.